The minimum atomic E-state index is -0.205. The highest BCUT2D eigenvalue weighted by Crippen LogP contribution is 2.22. The Morgan fingerprint density at radius 2 is 2.14 bits per heavy atom. The van der Waals surface area contributed by atoms with E-state index in [9.17, 15) is 14.3 Å². The molecule has 0 aliphatic carbocycles. The summed E-state index contributed by atoms with van der Waals surface area (Å²) in [5.74, 6) is 0.428. The van der Waals surface area contributed by atoms with E-state index in [4.69, 9.17) is 0 Å². The van der Waals surface area contributed by atoms with E-state index >= 15 is 0 Å². The molecule has 0 unspecified atom stereocenters. The van der Waals surface area contributed by atoms with Gasteiger partial charge in [-0.1, -0.05) is 18.2 Å². The summed E-state index contributed by atoms with van der Waals surface area (Å²) in [6.07, 6.45) is 2.24. The van der Waals surface area contributed by atoms with Gasteiger partial charge in [-0.15, -0.1) is 0 Å². The number of pyridine rings is 1. The Morgan fingerprint density at radius 3 is 2.89 bits per heavy atom. The molecule has 28 heavy (non-hydrogen) atoms. The number of aliphatic hydroxyl groups is 1. The van der Waals surface area contributed by atoms with Crippen LogP contribution in [0.5, 0.6) is 0 Å². The van der Waals surface area contributed by atoms with E-state index < -0.39 is 0 Å². The summed E-state index contributed by atoms with van der Waals surface area (Å²) >= 11 is 0. The Kier molecular flexibility index (Phi) is 6.95. The van der Waals surface area contributed by atoms with Gasteiger partial charge < -0.3 is 15.3 Å². The minimum Gasteiger partial charge on any atom is -0.396 e. The zero-order valence-corrected chi connectivity index (χ0v) is 16.1. The summed E-state index contributed by atoms with van der Waals surface area (Å²) < 4.78 is 14.0. The number of piperazine rings is 1. The number of amides is 1. The van der Waals surface area contributed by atoms with E-state index in [1.54, 1.807) is 30.5 Å². The molecule has 6 nitrogen and oxygen atoms in total. The number of anilines is 1. The number of aromatic nitrogens is 1. The predicted molar refractivity (Wildman–Crippen MR) is 107 cm³/mol. The highest BCUT2D eigenvalue weighted by Gasteiger charge is 2.28. The van der Waals surface area contributed by atoms with Crippen molar-refractivity contribution in [2.24, 2.45) is 0 Å². The smallest absolute Gasteiger partial charge is 0.251 e. The lowest BCUT2D eigenvalue weighted by molar-refractivity contribution is 0.0955. The Morgan fingerprint density at radius 1 is 1.32 bits per heavy atom. The first-order chi connectivity index (χ1) is 13.6. The Hall–Kier alpha value is -2.51. The van der Waals surface area contributed by atoms with Crippen LogP contribution in [0.1, 0.15) is 29.3 Å². The molecule has 1 atom stereocenters. The van der Waals surface area contributed by atoms with Crippen LogP contribution in [0.25, 0.3) is 0 Å². The van der Waals surface area contributed by atoms with Gasteiger partial charge in [-0.05, 0) is 31.5 Å². The average Bonchev–Trinajstić information content (AvgIpc) is 2.71. The number of carbonyl (C=O) groups is 1. The quantitative estimate of drug-likeness (QED) is 0.762. The molecule has 1 aliphatic rings. The Labute approximate surface area is 165 Å². The number of carbonyl (C=O) groups excluding carboxylic acids is 1. The summed E-state index contributed by atoms with van der Waals surface area (Å²) in [5, 5.41) is 12.3. The second-order valence-electron chi connectivity index (χ2n) is 6.94. The number of benzene rings is 1. The van der Waals surface area contributed by atoms with Gasteiger partial charge in [-0.2, -0.15) is 0 Å². The summed E-state index contributed by atoms with van der Waals surface area (Å²) in [4.78, 5) is 20.9. The highest BCUT2D eigenvalue weighted by molar-refractivity contribution is 5.94. The van der Waals surface area contributed by atoms with Crippen LogP contribution in [0.15, 0.2) is 42.6 Å². The first-order valence-corrected chi connectivity index (χ1v) is 9.70. The van der Waals surface area contributed by atoms with Crippen LogP contribution in [-0.2, 0) is 6.54 Å². The van der Waals surface area contributed by atoms with Gasteiger partial charge in [0.15, 0.2) is 0 Å². The molecule has 1 aromatic heterocycles. The fourth-order valence-corrected chi connectivity index (χ4v) is 3.57. The van der Waals surface area contributed by atoms with Crippen molar-refractivity contribution in [3.05, 3.63) is 59.5 Å². The highest BCUT2D eigenvalue weighted by atomic mass is 19.1. The lowest BCUT2D eigenvalue weighted by Crippen LogP contribution is -2.53. The van der Waals surface area contributed by atoms with Crippen molar-refractivity contribution >= 4 is 11.7 Å². The van der Waals surface area contributed by atoms with Crippen LogP contribution < -0.4 is 10.2 Å². The third-order valence-corrected chi connectivity index (χ3v) is 5.07. The predicted octanol–water partition coefficient (Wildman–Crippen LogP) is 2.04. The zero-order chi connectivity index (χ0) is 19.9. The number of nitrogens with zero attached hydrogens (tertiary/aromatic N) is 3. The molecule has 1 saturated heterocycles. The molecule has 0 spiro atoms. The first kappa shape index (κ1) is 20.2. The molecule has 7 heteroatoms. The molecule has 0 saturated carbocycles. The van der Waals surface area contributed by atoms with Crippen LogP contribution in [0.2, 0.25) is 0 Å². The van der Waals surface area contributed by atoms with Crippen molar-refractivity contribution < 1.29 is 14.3 Å². The zero-order valence-electron chi connectivity index (χ0n) is 16.1. The summed E-state index contributed by atoms with van der Waals surface area (Å²) in [5.41, 5.74) is 1.24. The largest absolute Gasteiger partial charge is 0.396 e. The molecule has 1 fully saturated rings. The minimum absolute atomic E-state index is 0.0681. The van der Waals surface area contributed by atoms with Crippen molar-refractivity contribution in [1.29, 1.82) is 0 Å². The maximum Gasteiger partial charge on any atom is 0.251 e. The molecular formula is C21H27FN4O2. The van der Waals surface area contributed by atoms with Gasteiger partial charge in [0.25, 0.3) is 5.91 Å². The molecule has 3 rings (SSSR count). The summed E-state index contributed by atoms with van der Waals surface area (Å²) in [6.45, 7) is 5.16. The van der Waals surface area contributed by atoms with Gasteiger partial charge in [0.1, 0.15) is 11.6 Å². The molecule has 0 bridgehead atoms. The average molecular weight is 386 g/mol. The number of hydrogen-bond donors (Lipinski definition) is 2. The monoisotopic (exact) mass is 386 g/mol. The number of hydrogen-bond acceptors (Lipinski definition) is 5. The molecule has 2 heterocycles. The number of aliphatic hydroxyl groups excluding tert-OH is 1. The van der Waals surface area contributed by atoms with Gasteiger partial charge in [0, 0.05) is 62.7 Å². The number of halogens is 1. The van der Waals surface area contributed by atoms with Crippen molar-refractivity contribution in [2.75, 3.05) is 37.7 Å². The lowest BCUT2D eigenvalue weighted by atomic mass is 10.1. The van der Waals surface area contributed by atoms with E-state index in [2.05, 4.69) is 20.1 Å². The Bertz CT molecular complexity index is 801. The van der Waals surface area contributed by atoms with E-state index in [0.29, 0.717) is 37.2 Å². The van der Waals surface area contributed by atoms with Crippen LogP contribution in [-0.4, -0.2) is 59.7 Å². The SMILES string of the molecule is CCNC(=O)c1ccnc(N2CCN(Cc3ccccc3F)[C@H](CCO)C2)c1. The number of rotatable bonds is 7. The van der Waals surface area contributed by atoms with Gasteiger partial charge in [-0.25, -0.2) is 9.37 Å². The van der Waals surface area contributed by atoms with Gasteiger partial charge >= 0.3 is 0 Å². The second kappa shape index (κ2) is 9.61. The van der Waals surface area contributed by atoms with E-state index in [-0.39, 0.29) is 24.4 Å². The molecular weight excluding hydrogens is 359 g/mol. The third-order valence-electron chi connectivity index (χ3n) is 5.07. The van der Waals surface area contributed by atoms with Crippen molar-refractivity contribution in [2.45, 2.75) is 25.9 Å². The second-order valence-corrected chi connectivity index (χ2v) is 6.94. The standard InChI is InChI=1S/C21H27FN4O2/c1-2-23-21(28)16-7-9-24-20(13-16)26-11-10-25(18(15-26)8-12-27)14-17-5-3-4-6-19(17)22/h3-7,9,13,18,27H,2,8,10-12,14-15H2,1H3,(H,23,28)/t18-/m1/s1. The molecule has 1 aromatic carbocycles. The molecule has 1 amide bonds. The summed E-state index contributed by atoms with van der Waals surface area (Å²) in [6, 6.07) is 10.4. The third kappa shape index (κ3) is 4.85. The van der Waals surface area contributed by atoms with Crippen molar-refractivity contribution in [3.8, 4) is 0 Å². The number of nitrogens with one attached hydrogen (secondary N) is 1. The van der Waals surface area contributed by atoms with Crippen LogP contribution in [0, 0.1) is 5.82 Å². The fourth-order valence-electron chi connectivity index (χ4n) is 3.57. The molecule has 0 radical (unpaired) electrons. The molecule has 2 aromatic rings. The normalized spacial score (nSPS) is 17.5. The van der Waals surface area contributed by atoms with Gasteiger partial charge in [0.2, 0.25) is 0 Å². The first-order valence-electron chi connectivity index (χ1n) is 9.70. The van der Waals surface area contributed by atoms with Crippen molar-refractivity contribution in [3.63, 3.8) is 0 Å². The molecule has 2 N–H and O–H groups in total. The van der Waals surface area contributed by atoms with E-state index in [1.165, 1.54) is 6.07 Å². The van der Waals surface area contributed by atoms with Crippen LogP contribution in [0.3, 0.4) is 0 Å². The van der Waals surface area contributed by atoms with Crippen molar-refractivity contribution in [1.82, 2.24) is 15.2 Å². The summed E-state index contributed by atoms with van der Waals surface area (Å²) in [7, 11) is 0. The van der Waals surface area contributed by atoms with Crippen LogP contribution in [0.4, 0.5) is 10.2 Å². The van der Waals surface area contributed by atoms with Crippen LogP contribution >= 0.6 is 0 Å². The van der Waals surface area contributed by atoms with Gasteiger partial charge in [0.05, 0.1) is 0 Å². The fraction of sp³-hybridized carbons (Fsp3) is 0.429. The maximum atomic E-state index is 14.0. The van der Waals surface area contributed by atoms with E-state index in [0.717, 1.165) is 18.9 Å². The molecule has 150 valence electrons. The Balaban J connectivity index is 1.72. The topological polar surface area (TPSA) is 68.7 Å². The van der Waals surface area contributed by atoms with E-state index in [1.807, 2.05) is 13.0 Å². The molecule has 1 aliphatic heterocycles. The maximum absolute atomic E-state index is 14.0. The lowest BCUT2D eigenvalue weighted by Gasteiger charge is -2.42. The van der Waals surface area contributed by atoms with Gasteiger partial charge in [-0.3, -0.25) is 9.69 Å².